The lowest BCUT2D eigenvalue weighted by molar-refractivity contribution is 0.0695. The molecule has 1 aliphatic heterocycles. The maximum absolute atomic E-state index is 14.5. The van der Waals surface area contributed by atoms with Gasteiger partial charge in [-0.1, -0.05) is 0 Å². The molecule has 134 valence electrons. The van der Waals surface area contributed by atoms with E-state index in [0.29, 0.717) is 18.7 Å². The summed E-state index contributed by atoms with van der Waals surface area (Å²) in [4.78, 5) is 29.8. The van der Waals surface area contributed by atoms with Gasteiger partial charge in [-0.05, 0) is 25.3 Å². The molecule has 1 atom stereocenters. The molecule has 0 bridgehead atoms. The number of nitrogens with zero attached hydrogens (tertiary/aromatic N) is 3. The zero-order valence-corrected chi connectivity index (χ0v) is 14.1. The van der Waals surface area contributed by atoms with Gasteiger partial charge in [0.15, 0.2) is 11.6 Å². The molecule has 9 heteroatoms. The third-order valence-corrected chi connectivity index (χ3v) is 4.63. The maximum Gasteiger partial charge on any atom is 0.341 e. The lowest BCUT2D eigenvalue weighted by Gasteiger charge is -2.19. The Hall–Kier alpha value is -2.19. The SMILES string of the molecule is Cl.NC1CCN(c2nc3c(cc2F)c(=O)c(C(=O)O)cn3C2CC2)C1. The fourth-order valence-electron chi connectivity index (χ4n) is 3.22. The van der Waals surface area contributed by atoms with Crippen molar-refractivity contribution in [2.24, 2.45) is 5.73 Å². The lowest BCUT2D eigenvalue weighted by atomic mass is 10.2. The molecule has 4 rings (SSSR count). The van der Waals surface area contributed by atoms with Crippen molar-refractivity contribution in [2.75, 3.05) is 18.0 Å². The first-order valence-corrected chi connectivity index (χ1v) is 7.95. The summed E-state index contributed by atoms with van der Waals surface area (Å²) in [7, 11) is 0. The number of aromatic carboxylic acids is 1. The highest BCUT2D eigenvalue weighted by molar-refractivity contribution is 5.92. The largest absolute Gasteiger partial charge is 0.477 e. The number of carboxylic acid groups (broad SMARTS) is 1. The summed E-state index contributed by atoms with van der Waals surface area (Å²) in [5.41, 5.74) is 5.16. The molecule has 3 N–H and O–H groups in total. The van der Waals surface area contributed by atoms with E-state index in [2.05, 4.69) is 4.98 Å². The summed E-state index contributed by atoms with van der Waals surface area (Å²) in [6.07, 6.45) is 3.86. The fraction of sp³-hybridized carbons (Fsp3) is 0.438. The number of halogens is 2. The van der Waals surface area contributed by atoms with Gasteiger partial charge in [-0.15, -0.1) is 12.4 Å². The van der Waals surface area contributed by atoms with Crippen molar-refractivity contribution in [1.29, 1.82) is 0 Å². The molecule has 25 heavy (non-hydrogen) atoms. The molecule has 7 nitrogen and oxygen atoms in total. The van der Waals surface area contributed by atoms with E-state index in [9.17, 15) is 19.1 Å². The molecule has 2 aliphatic rings. The second-order valence-corrected chi connectivity index (χ2v) is 6.48. The Bertz CT molecular complexity index is 912. The van der Waals surface area contributed by atoms with Gasteiger partial charge in [0.25, 0.3) is 0 Å². The average Bonchev–Trinajstić information content (AvgIpc) is 3.28. The zero-order valence-electron chi connectivity index (χ0n) is 13.3. The molecule has 2 aromatic rings. The number of carbonyl (C=O) groups is 1. The van der Waals surface area contributed by atoms with Crippen molar-refractivity contribution < 1.29 is 14.3 Å². The Balaban J connectivity index is 0.00000182. The Kier molecular flexibility index (Phi) is 4.42. The van der Waals surface area contributed by atoms with Gasteiger partial charge >= 0.3 is 5.97 Å². The molecule has 2 aromatic heterocycles. The molecule has 0 aromatic carbocycles. The molecule has 0 amide bonds. The number of rotatable bonds is 3. The Morgan fingerprint density at radius 2 is 2.08 bits per heavy atom. The van der Waals surface area contributed by atoms with Crippen molar-refractivity contribution >= 4 is 35.2 Å². The van der Waals surface area contributed by atoms with Crippen LogP contribution in [0.5, 0.6) is 0 Å². The van der Waals surface area contributed by atoms with Crippen LogP contribution in [0.15, 0.2) is 17.1 Å². The van der Waals surface area contributed by atoms with Gasteiger partial charge in [0.2, 0.25) is 5.43 Å². The van der Waals surface area contributed by atoms with Crippen molar-refractivity contribution in [3.63, 3.8) is 0 Å². The van der Waals surface area contributed by atoms with Crippen LogP contribution in [0.1, 0.15) is 35.7 Å². The highest BCUT2D eigenvalue weighted by Crippen LogP contribution is 2.37. The predicted molar refractivity (Wildman–Crippen MR) is 93.2 cm³/mol. The topological polar surface area (TPSA) is 101 Å². The Morgan fingerprint density at radius 3 is 2.64 bits per heavy atom. The molecule has 1 saturated heterocycles. The van der Waals surface area contributed by atoms with Crippen molar-refractivity contribution in [2.45, 2.75) is 31.3 Å². The molecule has 1 saturated carbocycles. The van der Waals surface area contributed by atoms with Crippen molar-refractivity contribution in [3.8, 4) is 0 Å². The Morgan fingerprint density at radius 1 is 1.36 bits per heavy atom. The van der Waals surface area contributed by atoms with E-state index in [1.165, 1.54) is 6.20 Å². The van der Waals surface area contributed by atoms with E-state index < -0.39 is 17.2 Å². The van der Waals surface area contributed by atoms with Crippen LogP contribution in [0.25, 0.3) is 11.0 Å². The molecule has 1 unspecified atom stereocenters. The first-order valence-electron chi connectivity index (χ1n) is 7.95. The number of carboxylic acids is 1. The van der Waals surface area contributed by atoms with Gasteiger partial charge in [0.1, 0.15) is 11.2 Å². The predicted octanol–water partition coefficient (Wildman–Crippen LogP) is 1.53. The van der Waals surface area contributed by atoms with Crippen LogP contribution >= 0.6 is 12.4 Å². The van der Waals surface area contributed by atoms with E-state index in [4.69, 9.17) is 5.73 Å². The second-order valence-electron chi connectivity index (χ2n) is 6.48. The lowest BCUT2D eigenvalue weighted by Crippen LogP contribution is -2.28. The van der Waals surface area contributed by atoms with Crippen LogP contribution in [0.2, 0.25) is 0 Å². The number of aromatic nitrogens is 2. The third kappa shape index (κ3) is 2.96. The van der Waals surface area contributed by atoms with Crippen LogP contribution in [0, 0.1) is 5.82 Å². The monoisotopic (exact) mass is 368 g/mol. The van der Waals surface area contributed by atoms with Gasteiger partial charge in [-0.25, -0.2) is 14.2 Å². The number of hydrogen-bond donors (Lipinski definition) is 2. The minimum absolute atomic E-state index is 0. The number of hydrogen-bond acceptors (Lipinski definition) is 5. The van der Waals surface area contributed by atoms with Gasteiger partial charge < -0.3 is 20.3 Å². The molecule has 0 spiro atoms. The third-order valence-electron chi connectivity index (χ3n) is 4.63. The summed E-state index contributed by atoms with van der Waals surface area (Å²) in [6.45, 7) is 1.12. The summed E-state index contributed by atoms with van der Waals surface area (Å²) in [5.74, 6) is -1.77. The number of anilines is 1. The second kappa shape index (κ2) is 6.27. The minimum atomic E-state index is -1.31. The smallest absolute Gasteiger partial charge is 0.341 e. The molecule has 2 fully saturated rings. The molecular weight excluding hydrogens is 351 g/mol. The highest BCUT2D eigenvalue weighted by atomic mass is 35.5. The molecule has 1 aliphatic carbocycles. The van der Waals surface area contributed by atoms with Gasteiger partial charge in [0.05, 0.1) is 5.39 Å². The van der Waals surface area contributed by atoms with Crippen LogP contribution in [-0.2, 0) is 0 Å². The summed E-state index contributed by atoms with van der Waals surface area (Å²) < 4.78 is 16.2. The first kappa shape index (κ1) is 17.6. The van der Waals surface area contributed by atoms with Crippen LogP contribution in [0.4, 0.5) is 10.2 Å². The van der Waals surface area contributed by atoms with Crippen molar-refractivity contribution in [3.05, 3.63) is 33.9 Å². The standard InChI is InChI=1S/C16H17FN4O3.ClH/c17-12-5-10-13(22)11(16(23)24)7-21(9-1-2-9)14(10)19-15(12)20-4-3-8(18)6-20;/h5,7-9H,1-4,6,18H2,(H,23,24);1H. The summed E-state index contributed by atoms with van der Waals surface area (Å²) in [5, 5.41) is 9.23. The molecule has 3 heterocycles. The quantitative estimate of drug-likeness (QED) is 0.851. The highest BCUT2D eigenvalue weighted by Gasteiger charge is 2.29. The van der Waals surface area contributed by atoms with Crippen LogP contribution in [-0.4, -0.2) is 39.8 Å². The van der Waals surface area contributed by atoms with Gasteiger partial charge in [-0.3, -0.25) is 4.79 Å². The first-order chi connectivity index (χ1) is 11.5. The van der Waals surface area contributed by atoms with Crippen LogP contribution in [0.3, 0.4) is 0 Å². The normalized spacial score (nSPS) is 19.9. The summed E-state index contributed by atoms with van der Waals surface area (Å²) in [6, 6.07) is 1.19. The van der Waals surface area contributed by atoms with Crippen LogP contribution < -0.4 is 16.1 Å². The number of nitrogens with two attached hydrogens (primary N) is 1. The Labute approximate surface area is 148 Å². The summed E-state index contributed by atoms with van der Waals surface area (Å²) >= 11 is 0. The van der Waals surface area contributed by atoms with E-state index >= 15 is 0 Å². The van der Waals surface area contributed by atoms with Gasteiger partial charge in [-0.2, -0.15) is 0 Å². The van der Waals surface area contributed by atoms with Crippen molar-refractivity contribution in [1.82, 2.24) is 9.55 Å². The number of fused-ring (bicyclic) bond motifs is 1. The molecule has 0 radical (unpaired) electrons. The van der Waals surface area contributed by atoms with E-state index in [-0.39, 0.29) is 41.3 Å². The zero-order chi connectivity index (χ0) is 17.0. The molecular formula is C16H18ClFN4O3. The maximum atomic E-state index is 14.5. The average molecular weight is 369 g/mol. The minimum Gasteiger partial charge on any atom is -0.477 e. The fourth-order valence-corrected chi connectivity index (χ4v) is 3.22. The van der Waals surface area contributed by atoms with Gasteiger partial charge in [0, 0.05) is 31.4 Å². The van der Waals surface area contributed by atoms with E-state index in [1.807, 2.05) is 0 Å². The van der Waals surface area contributed by atoms with E-state index in [1.54, 1.807) is 9.47 Å². The van der Waals surface area contributed by atoms with E-state index in [0.717, 1.165) is 25.3 Å². The number of pyridine rings is 2.